The van der Waals surface area contributed by atoms with E-state index in [1.807, 2.05) is 20.8 Å². The van der Waals surface area contributed by atoms with Gasteiger partial charge in [-0.25, -0.2) is 8.78 Å². The van der Waals surface area contributed by atoms with E-state index in [2.05, 4.69) is 0 Å². The molecule has 0 radical (unpaired) electrons. The first-order valence-corrected chi connectivity index (χ1v) is 7.44. The van der Waals surface area contributed by atoms with Gasteiger partial charge in [0.2, 0.25) is 0 Å². The Morgan fingerprint density at radius 2 is 1.95 bits per heavy atom. The number of halogens is 2. The molecule has 2 saturated carbocycles. The molecule has 0 unspecified atom stereocenters. The molecule has 1 aromatic rings. The smallest absolute Gasteiger partial charge is 0.189 e. The van der Waals surface area contributed by atoms with Crippen LogP contribution in [0.5, 0.6) is 0 Å². The van der Waals surface area contributed by atoms with Crippen molar-refractivity contribution in [1.29, 1.82) is 0 Å². The Hall–Kier alpha value is -1.84. The second-order valence-corrected chi connectivity index (χ2v) is 7.06. The van der Waals surface area contributed by atoms with Gasteiger partial charge < -0.3 is 0 Å². The summed E-state index contributed by atoms with van der Waals surface area (Å²) in [5.41, 5.74) is -0.359. The third kappa shape index (κ3) is 1.82. The molecule has 2 bridgehead atoms. The van der Waals surface area contributed by atoms with Gasteiger partial charge in [0, 0.05) is 17.1 Å². The van der Waals surface area contributed by atoms with Crippen molar-refractivity contribution in [2.45, 2.75) is 33.6 Å². The van der Waals surface area contributed by atoms with Crippen LogP contribution in [0.3, 0.4) is 0 Å². The Bertz CT molecular complexity index is 718. The summed E-state index contributed by atoms with van der Waals surface area (Å²) < 4.78 is 26.6. The molecule has 22 heavy (non-hydrogen) atoms. The minimum absolute atomic E-state index is 0.00961. The Labute approximate surface area is 128 Å². The SMILES string of the molecule is CC1(C)[C@H]2CC[C@]1(C)C(=O)C2=CC(=O)c1ccc(F)cc1F. The fourth-order valence-corrected chi connectivity index (χ4v) is 4.00. The lowest BCUT2D eigenvalue weighted by Gasteiger charge is -2.31. The predicted molar refractivity (Wildman–Crippen MR) is 78.4 cm³/mol. The van der Waals surface area contributed by atoms with Gasteiger partial charge in [-0.05, 0) is 42.4 Å². The highest BCUT2D eigenvalue weighted by atomic mass is 19.1. The number of benzene rings is 1. The van der Waals surface area contributed by atoms with Crippen molar-refractivity contribution in [3.63, 3.8) is 0 Å². The van der Waals surface area contributed by atoms with E-state index in [4.69, 9.17) is 0 Å². The summed E-state index contributed by atoms with van der Waals surface area (Å²) in [7, 11) is 0. The van der Waals surface area contributed by atoms with Crippen molar-refractivity contribution in [2.24, 2.45) is 16.7 Å². The summed E-state index contributed by atoms with van der Waals surface area (Å²) in [6, 6.07) is 2.84. The van der Waals surface area contributed by atoms with Gasteiger partial charge in [-0.15, -0.1) is 0 Å². The van der Waals surface area contributed by atoms with Gasteiger partial charge in [0.1, 0.15) is 11.6 Å². The molecule has 0 N–H and O–H groups in total. The van der Waals surface area contributed by atoms with E-state index in [9.17, 15) is 18.4 Å². The maximum atomic E-state index is 13.7. The fourth-order valence-electron chi connectivity index (χ4n) is 4.00. The second-order valence-electron chi connectivity index (χ2n) is 7.06. The van der Waals surface area contributed by atoms with E-state index in [1.54, 1.807) is 0 Å². The normalized spacial score (nSPS) is 31.0. The van der Waals surface area contributed by atoms with Crippen LogP contribution in [0.4, 0.5) is 8.78 Å². The number of Topliss-reactive ketones (excluding diaryl/α,β-unsaturated/α-hetero) is 1. The van der Waals surface area contributed by atoms with Crippen LogP contribution in [0.25, 0.3) is 0 Å². The van der Waals surface area contributed by atoms with Crippen molar-refractivity contribution < 1.29 is 18.4 Å². The monoisotopic (exact) mass is 304 g/mol. The minimum atomic E-state index is -0.900. The Kier molecular flexibility index (Phi) is 3.13. The zero-order chi connectivity index (χ0) is 16.3. The molecule has 2 aliphatic carbocycles. The first-order valence-electron chi connectivity index (χ1n) is 7.44. The molecule has 0 heterocycles. The molecule has 0 spiro atoms. The van der Waals surface area contributed by atoms with Crippen molar-refractivity contribution >= 4 is 11.6 Å². The van der Waals surface area contributed by atoms with Gasteiger partial charge in [0.05, 0.1) is 5.56 Å². The Balaban J connectivity index is 2.00. The molecular weight excluding hydrogens is 286 g/mol. The van der Waals surface area contributed by atoms with E-state index in [-0.39, 0.29) is 22.7 Å². The number of carbonyl (C=O) groups is 2. The molecule has 2 fully saturated rings. The van der Waals surface area contributed by atoms with Crippen LogP contribution < -0.4 is 0 Å². The third-order valence-corrected chi connectivity index (χ3v) is 5.85. The van der Waals surface area contributed by atoms with Crippen molar-refractivity contribution in [3.05, 3.63) is 47.0 Å². The van der Waals surface area contributed by atoms with Gasteiger partial charge >= 0.3 is 0 Å². The van der Waals surface area contributed by atoms with E-state index in [0.717, 1.165) is 25.0 Å². The molecular formula is C18H18F2O2. The number of allylic oxidation sites excluding steroid dienone is 2. The fraction of sp³-hybridized carbons (Fsp3) is 0.444. The summed E-state index contributed by atoms with van der Waals surface area (Å²) in [5.74, 6) is -2.19. The van der Waals surface area contributed by atoms with E-state index in [1.165, 1.54) is 6.08 Å². The molecule has 3 rings (SSSR count). The topological polar surface area (TPSA) is 34.1 Å². The largest absolute Gasteiger partial charge is 0.294 e. The van der Waals surface area contributed by atoms with Crippen LogP contribution in [0.2, 0.25) is 0 Å². The van der Waals surface area contributed by atoms with E-state index >= 15 is 0 Å². The summed E-state index contributed by atoms with van der Waals surface area (Å²) in [6.07, 6.45) is 2.94. The van der Waals surface area contributed by atoms with E-state index in [0.29, 0.717) is 11.6 Å². The zero-order valence-corrected chi connectivity index (χ0v) is 12.9. The molecule has 116 valence electrons. The average Bonchev–Trinajstić information content (AvgIpc) is 2.73. The highest BCUT2D eigenvalue weighted by molar-refractivity contribution is 6.13. The molecule has 0 aliphatic heterocycles. The van der Waals surface area contributed by atoms with E-state index < -0.39 is 22.8 Å². The van der Waals surface area contributed by atoms with Gasteiger partial charge in [-0.1, -0.05) is 20.8 Å². The average molecular weight is 304 g/mol. The Morgan fingerprint density at radius 3 is 2.50 bits per heavy atom. The van der Waals surface area contributed by atoms with Crippen LogP contribution in [0.15, 0.2) is 29.8 Å². The summed E-state index contributed by atoms with van der Waals surface area (Å²) >= 11 is 0. The molecule has 2 atom stereocenters. The lowest BCUT2D eigenvalue weighted by Crippen LogP contribution is -2.32. The second kappa shape index (κ2) is 4.58. The van der Waals surface area contributed by atoms with Crippen LogP contribution >= 0.6 is 0 Å². The van der Waals surface area contributed by atoms with Crippen LogP contribution in [-0.4, -0.2) is 11.6 Å². The molecule has 2 nitrogen and oxygen atoms in total. The molecule has 4 heteroatoms. The lowest BCUT2D eigenvalue weighted by atomic mass is 9.70. The number of fused-ring (bicyclic) bond motifs is 2. The van der Waals surface area contributed by atoms with Crippen LogP contribution in [0, 0.1) is 28.4 Å². The van der Waals surface area contributed by atoms with Crippen molar-refractivity contribution in [3.8, 4) is 0 Å². The standard InChI is InChI=1S/C18H18F2O2/c1-17(2)13-6-7-18(17,3)16(22)12(13)9-15(21)11-5-4-10(19)8-14(11)20/h4-5,8-9,13H,6-7H2,1-3H3/t13-,18+/m0/s1. The maximum absolute atomic E-state index is 13.7. The Morgan fingerprint density at radius 1 is 1.27 bits per heavy atom. The summed E-state index contributed by atoms with van der Waals surface area (Å²) in [5, 5.41) is 0. The van der Waals surface area contributed by atoms with Crippen LogP contribution in [0.1, 0.15) is 44.0 Å². The first kappa shape index (κ1) is 15.1. The zero-order valence-electron chi connectivity index (χ0n) is 12.9. The van der Waals surface area contributed by atoms with Gasteiger partial charge in [0.25, 0.3) is 0 Å². The first-order chi connectivity index (χ1) is 10.2. The number of carbonyl (C=O) groups excluding carboxylic acids is 2. The number of ketones is 2. The number of hydrogen-bond acceptors (Lipinski definition) is 2. The van der Waals surface area contributed by atoms with Crippen molar-refractivity contribution in [2.75, 3.05) is 0 Å². The lowest BCUT2D eigenvalue weighted by molar-refractivity contribution is -0.125. The minimum Gasteiger partial charge on any atom is -0.294 e. The highest BCUT2D eigenvalue weighted by Crippen LogP contribution is 2.65. The van der Waals surface area contributed by atoms with Gasteiger partial charge in [-0.3, -0.25) is 9.59 Å². The van der Waals surface area contributed by atoms with Crippen LogP contribution in [-0.2, 0) is 4.79 Å². The highest BCUT2D eigenvalue weighted by Gasteiger charge is 2.63. The van der Waals surface area contributed by atoms with Gasteiger partial charge in [0.15, 0.2) is 11.6 Å². The molecule has 1 aromatic carbocycles. The molecule has 2 aliphatic rings. The molecule has 0 saturated heterocycles. The third-order valence-electron chi connectivity index (χ3n) is 5.85. The maximum Gasteiger partial charge on any atom is 0.189 e. The summed E-state index contributed by atoms with van der Waals surface area (Å²) in [6.45, 7) is 6.04. The quantitative estimate of drug-likeness (QED) is 0.609. The van der Waals surface area contributed by atoms with Gasteiger partial charge in [-0.2, -0.15) is 0 Å². The number of hydrogen-bond donors (Lipinski definition) is 0. The molecule has 0 aromatic heterocycles. The van der Waals surface area contributed by atoms with Crippen molar-refractivity contribution in [1.82, 2.24) is 0 Å². The number of rotatable bonds is 2. The molecule has 0 amide bonds. The summed E-state index contributed by atoms with van der Waals surface area (Å²) in [4.78, 5) is 24.9. The predicted octanol–water partition coefficient (Wildman–Crippen LogP) is 4.10.